The smallest absolute Gasteiger partial charge is 0.163 e. The summed E-state index contributed by atoms with van der Waals surface area (Å²) < 4.78 is 10.4. The zero-order chi connectivity index (χ0) is 12.3. The summed E-state index contributed by atoms with van der Waals surface area (Å²) >= 11 is 0. The van der Waals surface area contributed by atoms with E-state index in [0.29, 0.717) is 0 Å². The van der Waals surface area contributed by atoms with E-state index in [0.717, 1.165) is 0 Å². The molecule has 1 saturated heterocycles. The molecule has 16 heavy (non-hydrogen) atoms. The van der Waals surface area contributed by atoms with E-state index in [1.165, 1.54) is 6.92 Å². The largest absolute Gasteiger partial charge is 0.394 e. The fourth-order valence-electron chi connectivity index (χ4n) is 1.61. The lowest BCUT2D eigenvalue weighted by Crippen LogP contribution is -2.55. The normalized spacial score (nSPS) is 39.7. The van der Waals surface area contributed by atoms with Gasteiger partial charge in [-0.2, -0.15) is 0 Å². The number of carbonyl (C=O) groups is 1. The first-order valence-corrected chi connectivity index (χ1v) is 5.21. The van der Waals surface area contributed by atoms with Crippen molar-refractivity contribution >= 4 is 5.78 Å². The van der Waals surface area contributed by atoms with Crippen molar-refractivity contribution < 1.29 is 29.6 Å². The topological polar surface area (TPSA) is 96.2 Å². The summed E-state index contributed by atoms with van der Waals surface area (Å²) in [6.07, 6.45) is -3.86. The second-order valence-electron chi connectivity index (χ2n) is 4.08. The van der Waals surface area contributed by atoms with E-state index < -0.39 is 37.1 Å². The first-order chi connectivity index (χ1) is 7.47. The third kappa shape index (κ3) is 2.99. The van der Waals surface area contributed by atoms with Gasteiger partial charge in [0, 0.05) is 5.92 Å². The maximum absolute atomic E-state index is 10.7. The first-order valence-electron chi connectivity index (χ1n) is 5.21. The number of aliphatic hydroxyl groups excluding tert-OH is 3. The maximum Gasteiger partial charge on any atom is 0.163 e. The second-order valence-corrected chi connectivity index (χ2v) is 4.08. The molecule has 5 atom stereocenters. The van der Waals surface area contributed by atoms with Crippen LogP contribution in [0.3, 0.4) is 0 Å². The molecule has 94 valence electrons. The molecule has 6 nitrogen and oxygen atoms in total. The SMILES string of the molecule is CC(=O)COC1OC(CO)C(O)C(O)C1C. The molecule has 0 aliphatic carbocycles. The third-order valence-electron chi connectivity index (χ3n) is 2.64. The molecule has 0 saturated carbocycles. The summed E-state index contributed by atoms with van der Waals surface area (Å²) in [6, 6.07) is 0. The molecule has 1 aliphatic heterocycles. The van der Waals surface area contributed by atoms with Crippen LogP contribution in [0.4, 0.5) is 0 Å². The van der Waals surface area contributed by atoms with Gasteiger partial charge in [0.1, 0.15) is 18.8 Å². The van der Waals surface area contributed by atoms with Gasteiger partial charge in [-0.1, -0.05) is 6.92 Å². The Bertz CT molecular complexity index is 241. The highest BCUT2D eigenvalue weighted by atomic mass is 16.7. The quantitative estimate of drug-likeness (QED) is 0.557. The van der Waals surface area contributed by atoms with Gasteiger partial charge in [-0.3, -0.25) is 4.79 Å². The number of carbonyl (C=O) groups excluding carboxylic acids is 1. The fraction of sp³-hybridized carbons (Fsp3) is 0.900. The summed E-state index contributed by atoms with van der Waals surface area (Å²) in [5.41, 5.74) is 0. The molecule has 1 fully saturated rings. The van der Waals surface area contributed by atoms with E-state index in [1.54, 1.807) is 6.92 Å². The molecule has 1 aliphatic rings. The number of hydrogen-bond donors (Lipinski definition) is 3. The van der Waals surface area contributed by atoms with Gasteiger partial charge < -0.3 is 24.8 Å². The Balaban J connectivity index is 2.60. The predicted molar refractivity (Wildman–Crippen MR) is 53.6 cm³/mol. The molecule has 1 heterocycles. The standard InChI is InChI=1S/C10H18O6/c1-5(12)4-15-10-6(2)8(13)9(14)7(3-11)16-10/h6-11,13-14H,3-4H2,1-2H3. The highest BCUT2D eigenvalue weighted by Gasteiger charge is 2.42. The van der Waals surface area contributed by atoms with E-state index in [4.69, 9.17) is 14.6 Å². The molecule has 0 aromatic rings. The van der Waals surface area contributed by atoms with Gasteiger partial charge in [-0.15, -0.1) is 0 Å². The molecule has 0 aromatic heterocycles. The van der Waals surface area contributed by atoms with Crippen LogP contribution in [0.25, 0.3) is 0 Å². The molecule has 6 heteroatoms. The highest BCUT2D eigenvalue weighted by Crippen LogP contribution is 2.26. The van der Waals surface area contributed by atoms with E-state index in [2.05, 4.69) is 0 Å². The Hall–Kier alpha value is -0.530. The monoisotopic (exact) mass is 234 g/mol. The Morgan fingerprint density at radius 3 is 2.50 bits per heavy atom. The van der Waals surface area contributed by atoms with Crippen LogP contribution >= 0.6 is 0 Å². The van der Waals surface area contributed by atoms with Crippen LogP contribution in [0.15, 0.2) is 0 Å². The summed E-state index contributed by atoms with van der Waals surface area (Å²) in [5, 5.41) is 28.2. The predicted octanol–water partition coefficient (Wildman–Crippen LogP) is -1.33. The average Bonchev–Trinajstić information content (AvgIpc) is 2.25. The molecule has 0 spiro atoms. The second kappa shape index (κ2) is 5.70. The van der Waals surface area contributed by atoms with Gasteiger partial charge >= 0.3 is 0 Å². The van der Waals surface area contributed by atoms with Gasteiger partial charge in [0.2, 0.25) is 0 Å². The minimum absolute atomic E-state index is 0.115. The molecule has 0 bridgehead atoms. The number of Topliss-reactive ketones (excluding diaryl/α,β-unsaturated/α-hetero) is 1. The number of hydrogen-bond acceptors (Lipinski definition) is 6. The van der Waals surface area contributed by atoms with Crippen LogP contribution in [-0.2, 0) is 14.3 Å². The van der Waals surface area contributed by atoms with E-state index in [-0.39, 0.29) is 12.4 Å². The van der Waals surface area contributed by atoms with Crippen LogP contribution < -0.4 is 0 Å². The summed E-state index contributed by atoms with van der Waals surface area (Å²) in [6.45, 7) is 2.50. The average molecular weight is 234 g/mol. The zero-order valence-corrected chi connectivity index (χ0v) is 9.37. The van der Waals surface area contributed by atoms with Crippen molar-refractivity contribution in [2.45, 2.75) is 38.4 Å². The lowest BCUT2D eigenvalue weighted by Gasteiger charge is -2.40. The Labute approximate surface area is 93.8 Å². The first kappa shape index (κ1) is 13.5. The number of aliphatic hydroxyl groups is 3. The summed E-state index contributed by atoms with van der Waals surface area (Å²) in [4.78, 5) is 10.7. The maximum atomic E-state index is 10.7. The number of ether oxygens (including phenoxy) is 2. The van der Waals surface area contributed by atoms with Crippen LogP contribution in [0.2, 0.25) is 0 Å². The fourth-order valence-corrected chi connectivity index (χ4v) is 1.61. The van der Waals surface area contributed by atoms with E-state index in [9.17, 15) is 15.0 Å². The van der Waals surface area contributed by atoms with Crippen LogP contribution in [0, 0.1) is 5.92 Å². The van der Waals surface area contributed by atoms with Crippen LogP contribution in [-0.4, -0.2) is 58.9 Å². The Kier molecular flexibility index (Phi) is 4.82. The lowest BCUT2D eigenvalue weighted by molar-refractivity contribution is -0.280. The van der Waals surface area contributed by atoms with Gasteiger partial charge in [0.25, 0.3) is 0 Å². The third-order valence-corrected chi connectivity index (χ3v) is 2.64. The molecule has 3 N–H and O–H groups in total. The lowest BCUT2D eigenvalue weighted by atomic mass is 9.92. The Morgan fingerprint density at radius 2 is 2.00 bits per heavy atom. The van der Waals surface area contributed by atoms with Crippen molar-refractivity contribution in [1.82, 2.24) is 0 Å². The van der Waals surface area contributed by atoms with Crippen molar-refractivity contribution in [2.75, 3.05) is 13.2 Å². The number of rotatable bonds is 4. The van der Waals surface area contributed by atoms with Gasteiger partial charge in [-0.05, 0) is 6.92 Å². The molecule has 1 rings (SSSR count). The molecule has 0 aromatic carbocycles. The Morgan fingerprint density at radius 1 is 1.38 bits per heavy atom. The molecule has 5 unspecified atom stereocenters. The number of ketones is 1. The van der Waals surface area contributed by atoms with Crippen molar-refractivity contribution in [3.05, 3.63) is 0 Å². The van der Waals surface area contributed by atoms with Gasteiger partial charge in [-0.25, -0.2) is 0 Å². The zero-order valence-electron chi connectivity index (χ0n) is 9.37. The van der Waals surface area contributed by atoms with E-state index >= 15 is 0 Å². The summed E-state index contributed by atoms with van der Waals surface area (Å²) in [5.74, 6) is -0.617. The highest BCUT2D eigenvalue weighted by molar-refractivity contribution is 5.76. The summed E-state index contributed by atoms with van der Waals surface area (Å²) in [7, 11) is 0. The van der Waals surface area contributed by atoms with Gasteiger partial charge in [0.15, 0.2) is 12.1 Å². The molecule has 0 amide bonds. The van der Waals surface area contributed by atoms with Crippen LogP contribution in [0.1, 0.15) is 13.8 Å². The van der Waals surface area contributed by atoms with Crippen LogP contribution in [0.5, 0.6) is 0 Å². The molecule has 0 radical (unpaired) electrons. The minimum Gasteiger partial charge on any atom is -0.394 e. The minimum atomic E-state index is -1.14. The van der Waals surface area contributed by atoms with Gasteiger partial charge in [0.05, 0.1) is 12.7 Å². The van der Waals surface area contributed by atoms with Crippen molar-refractivity contribution in [1.29, 1.82) is 0 Å². The van der Waals surface area contributed by atoms with E-state index in [1.807, 2.05) is 0 Å². The molecular formula is C10H18O6. The van der Waals surface area contributed by atoms with Crippen molar-refractivity contribution in [3.8, 4) is 0 Å². The van der Waals surface area contributed by atoms with Crippen molar-refractivity contribution in [3.63, 3.8) is 0 Å². The van der Waals surface area contributed by atoms with Crippen molar-refractivity contribution in [2.24, 2.45) is 5.92 Å². The molecular weight excluding hydrogens is 216 g/mol.